The Hall–Kier alpha value is -2.54. The van der Waals surface area contributed by atoms with Gasteiger partial charge in [0.15, 0.2) is 0 Å². The van der Waals surface area contributed by atoms with E-state index in [1.54, 1.807) is 14.2 Å². The molecule has 1 atom stereocenters. The molecule has 30 heavy (non-hydrogen) atoms. The summed E-state index contributed by atoms with van der Waals surface area (Å²) >= 11 is 0. The standard InChI is InChI=1S/C23H33N3O4/c1-6-26(7-2)23(27)17-9-8-12-25(14-17)15-20-16(3)30-22(24-20)19-11-10-18(28-4)13-21(19)29-5/h10-11,13,17H,6-9,12,14-15H2,1-5H3/t17-/m1/s1. The van der Waals surface area contributed by atoms with Crippen molar-refractivity contribution in [1.82, 2.24) is 14.8 Å². The molecule has 1 aromatic carbocycles. The Kier molecular flexibility index (Phi) is 7.37. The molecule has 0 saturated carbocycles. The lowest BCUT2D eigenvalue weighted by atomic mass is 9.96. The number of nitrogens with zero attached hydrogens (tertiary/aromatic N) is 3. The van der Waals surface area contributed by atoms with Crippen LogP contribution in [0, 0.1) is 12.8 Å². The highest BCUT2D eigenvalue weighted by Gasteiger charge is 2.29. The molecule has 2 heterocycles. The van der Waals surface area contributed by atoms with Crippen LogP contribution in [-0.4, -0.2) is 61.1 Å². The van der Waals surface area contributed by atoms with Crippen LogP contribution < -0.4 is 9.47 Å². The van der Waals surface area contributed by atoms with E-state index in [0.717, 1.165) is 61.8 Å². The summed E-state index contributed by atoms with van der Waals surface area (Å²) in [7, 11) is 3.24. The largest absolute Gasteiger partial charge is 0.497 e. The van der Waals surface area contributed by atoms with E-state index in [4.69, 9.17) is 18.9 Å². The second kappa shape index (κ2) is 9.98. The highest BCUT2D eigenvalue weighted by molar-refractivity contribution is 5.79. The minimum absolute atomic E-state index is 0.0620. The molecule has 164 valence electrons. The molecule has 1 aliphatic rings. The highest BCUT2D eigenvalue weighted by Crippen LogP contribution is 2.34. The third-order valence-corrected chi connectivity index (χ3v) is 5.84. The molecule has 1 saturated heterocycles. The quantitative estimate of drug-likeness (QED) is 0.654. The molecule has 0 N–H and O–H groups in total. The van der Waals surface area contributed by atoms with Crippen molar-refractivity contribution in [2.45, 2.75) is 40.2 Å². The minimum atomic E-state index is 0.0620. The molecule has 2 aromatic rings. The number of rotatable bonds is 8. The van der Waals surface area contributed by atoms with Crippen LogP contribution in [0.15, 0.2) is 22.6 Å². The lowest BCUT2D eigenvalue weighted by molar-refractivity contribution is -0.137. The van der Waals surface area contributed by atoms with Gasteiger partial charge in [-0.25, -0.2) is 4.98 Å². The number of carbonyl (C=O) groups excluding carboxylic acids is 1. The Balaban J connectivity index is 1.74. The van der Waals surface area contributed by atoms with Crippen LogP contribution in [0.1, 0.15) is 38.1 Å². The SMILES string of the molecule is CCN(CC)C(=O)[C@@H]1CCCN(Cc2nc(-c3ccc(OC)cc3OC)oc2C)C1. The number of oxazole rings is 1. The molecule has 3 rings (SSSR count). The van der Waals surface area contributed by atoms with Crippen LogP contribution in [0.5, 0.6) is 11.5 Å². The molecule has 0 spiro atoms. The predicted octanol–water partition coefficient (Wildman–Crippen LogP) is 3.75. The number of amides is 1. The summed E-state index contributed by atoms with van der Waals surface area (Å²) in [5, 5.41) is 0. The summed E-state index contributed by atoms with van der Waals surface area (Å²) < 4.78 is 16.7. The normalized spacial score (nSPS) is 17.0. The number of likely N-dealkylation sites (tertiary alicyclic amines) is 1. The molecule has 1 amide bonds. The number of piperidine rings is 1. The van der Waals surface area contributed by atoms with Crippen molar-refractivity contribution in [3.05, 3.63) is 29.7 Å². The number of ether oxygens (including phenoxy) is 2. The lowest BCUT2D eigenvalue weighted by Gasteiger charge is -2.34. The molecule has 1 fully saturated rings. The summed E-state index contributed by atoms with van der Waals surface area (Å²) in [5.41, 5.74) is 1.69. The van der Waals surface area contributed by atoms with E-state index in [2.05, 4.69) is 4.90 Å². The number of aryl methyl sites for hydroxylation is 1. The van der Waals surface area contributed by atoms with Crippen LogP contribution in [0.3, 0.4) is 0 Å². The smallest absolute Gasteiger partial charge is 0.230 e. The fourth-order valence-electron chi connectivity index (χ4n) is 4.07. The molecule has 1 aliphatic heterocycles. The van der Waals surface area contributed by atoms with Gasteiger partial charge in [0, 0.05) is 32.2 Å². The monoisotopic (exact) mass is 415 g/mol. The average molecular weight is 416 g/mol. The maximum atomic E-state index is 12.8. The van der Waals surface area contributed by atoms with Crippen molar-refractivity contribution >= 4 is 5.91 Å². The van der Waals surface area contributed by atoms with Gasteiger partial charge in [-0.05, 0) is 52.3 Å². The van der Waals surface area contributed by atoms with Crippen LogP contribution in [0.4, 0.5) is 0 Å². The van der Waals surface area contributed by atoms with E-state index < -0.39 is 0 Å². The number of carbonyl (C=O) groups is 1. The van der Waals surface area contributed by atoms with E-state index in [9.17, 15) is 4.79 Å². The third-order valence-electron chi connectivity index (χ3n) is 5.84. The van der Waals surface area contributed by atoms with E-state index in [1.165, 1.54) is 0 Å². The predicted molar refractivity (Wildman–Crippen MR) is 116 cm³/mol. The van der Waals surface area contributed by atoms with Crippen LogP contribution in [0.2, 0.25) is 0 Å². The first-order chi connectivity index (χ1) is 14.5. The fourth-order valence-corrected chi connectivity index (χ4v) is 4.07. The molecule has 7 heteroatoms. The molecule has 0 radical (unpaired) electrons. The second-order valence-corrected chi connectivity index (χ2v) is 7.67. The summed E-state index contributed by atoms with van der Waals surface area (Å²) in [6, 6.07) is 5.58. The maximum absolute atomic E-state index is 12.8. The minimum Gasteiger partial charge on any atom is -0.497 e. The lowest BCUT2D eigenvalue weighted by Crippen LogP contribution is -2.44. The van der Waals surface area contributed by atoms with Crippen molar-refractivity contribution in [3.63, 3.8) is 0 Å². The van der Waals surface area contributed by atoms with Gasteiger partial charge in [-0.1, -0.05) is 0 Å². The van der Waals surface area contributed by atoms with Gasteiger partial charge in [-0.3, -0.25) is 9.69 Å². The van der Waals surface area contributed by atoms with Gasteiger partial charge in [-0.2, -0.15) is 0 Å². The van der Waals surface area contributed by atoms with Crippen molar-refractivity contribution in [3.8, 4) is 23.0 Å². The van der Waals surface area contributed by atoms with E-state index in [-0.39, 0.29) is 11.8 Å². The van der Waals surface area contributed by atoms with Gasteiger partial charge in [0.2, 0.25) is 11.8 Å². The van der Waals surface area contributed by atoms with Gasteiger partial charge in [0.05, 0.1) is 31.4 Å². The van der Waals surface area contributed by atoms with Crippen molar-refractivity contribution in [1.29, 1.82) is 0 Å². The zero-order valence-electron chi connectivity index (χ0n) is 18.7. The van der Waals surface area contributed by atoms with Gasteiger partial charge >= 0.3 is 0 Å². The molecule has 0 bridgehead atoms. The Bertz CT molecular complexity index is 860. The van der Waals surface area contributed by atoms with E-state index in [0.29, 0.717) is 18.2 Å². The first-order valence-electron chi connectivity index (χ1n) is 10.7. The van der Waals surface area contributed by atoms with E-state index >= 15 is 0 Å². The van der Waals surface area contributed by atoms with Crippen LogP contribution in [-0.2, 0) is 11.3 Å². The van der Waals surface area contributed by atoms with Gasteiger partial charge in [0.1, 0.15) is 17.3 Å². The highest BCUT2D eigenvalue weighted by atomic mass is 16.5. The van der Waals surface area contributed by atoms with Crippen LogP contribution in [0.25, 0.3) is 11.5 Å². The average Bonchev–Trinajstić information content (AvgIpc) is 3.14. The first-order valence-corrected chi connectivity index (χ1v) is 10.7. The van der Waals surface area contributed by atoms with Crippen molar-refractivity contribution < 1.29 is 18.7 Å². The maximum Gasteiger partial charge on any atom is 0.230 e. The van der Waals surface area contributed by atoms with Crippen LogP contribution >= 0.6 is 0 Å². The summed E-state index contributed by atoms with van der Waals surface area (Å²) in [6.45, 7) is 9.95. The number of hydrogen-bond acceptors (Lipinski definition) is 6. The molecular weight excluding hydrogens is 382 g/mol. The Morgan fingerprint density at radius 1 is 1.27 bits per heavy atom. The molecule has 0 aliphatic carbocycles. The summed E-state index contributed by atoms with van der Waals surface area (Å²) in [6.07, 6.45) is 1.98. The molecule has 1 aromatic heterocycles. The number of methoxy groups -OCH3 is 2. The Labute approximate surface area is 179 Å². The number of benzene rings is 1. The molecular formula is C23H33N3O4. The fraction of sp³-hybridized carbons (Fsp3) is 0.565. The van der Waals surface area contributed by atoms with Crippen molar-refractivity contribution in [2.75, 3.05) is 40.4 Å². The summed E-state index contributed by atoms with van der Waals surface area (Å²) in [4.78, 5) is 21.8. The third kappa shape index (κ3) is 4.78. The second-order valence-electron chi connectivity index (χ2n) is 7.67. The number of hydrogen-bond donors (Lipinski definition) is 0. The Morgan fingerprint density at radius 2 is 2.03 bits per heavy atom. The van der Waals surface area contributed by atoms with Crippen molar-refractivity contribution in [2.24, 2.45) is 5.92 Å². The van der Waals surface area contributed by atoms with E-state index in [1.807, 2.05) is 43.9 Å². The van der Waals surface area contributed by atoms with Gasteiger partial charge in [-0.15, -0.1) is 0 Å². The zero-order valence-corrected chi connectivity index (χ0v) is 18.7. The molecule has 7 nitrogen and oxygen atoms in total. The zero-order chi connectivity index (χ0) is 21.7. The molecule has 0 unspecified atom stereocenters. The first kappa shape index (κ1) is 22.2. The van der Waals surface area contributed by atoms with Gasteiger partial charge in [0.25, 0.3) is 0 Å². The van der Waals surface area contributed by atoms with Gasteiger partial charge < -0.3 is 18.8 Å². The Morgan fingerprint density at radius 3 is 2.70 bits per heavy atom. The number of aromatic nitrogens is 1. The topological polar surface area (TPSA) is 68.0 Å². The summed E-state index contributed by atoms with van der Waals surface area (Å²) in [5.74, 6) is 3.04.